The van der Waals surface area contributed by atoms with Crippen LogP contribution in [-0.2, 0) is 11.3 Å². The number of pyridine rings is 1. The molecule has 2 fully saturated rings. The number of carbonyl (C=O) groups excluding carboxylic acids is 1. The lowest BCUT2D eigenvalue weighted by Gasteiger charge is -2.43. The van der Waals surface area contributed by atoms with Gasteiger partial charge in [0.25, 0.3) is 0 Å². The number of hydrogen-bond donors (Lipinski definition) is 1. The molecule has 2 aromatic rings. The Labute approximate surface area is 180 Å². The summed E-state index contributed by atoms with van der Waals surface area (Å²) in [6, 6.07) is 10.8. The fourth-order valence-corrected chi connectivity index (χ4v) is 3.74. The van der Waals surface area contributed by atoms with E-state index in [2.05, 4.69) is 9.88 Å². The van der Waals surface area contributed by atoms with Crippen LogP contribution in [0.1, 0.15) is 16.1 Å². The number of nitrogens with zero attached hydrogens (tertiary/aromatic N) is 4. The van der Waals surface area contributed by atoms with Gasteiger partial charge in [0.15, 0.2) is 0 Å². The normalized spacial score (nSPS) is 17.1. The molecule has 2 aliphatic heterocycles. The van der Waals surface area contributed by atoms with E-state index in [0.29, 0.717) is 36.3 Å². The first-order valence-corrected chi connectivity index (χ1v) is 10.3. The summed E-state index contributed by atoms with van der Waals surface area (Å²) in [7, 11) is 1.58. The lowest BCUT2D eigenvalue weighted by Crippen LogP contribution is -2.59. The van der Waals surface area contributed by atoms with Crippen molar-refractivity contribution in [2.45, 2.75) is 12.6 Å². The second-order valence-corrected chi connectivity index (χ2v) is 7.63. The molecule has 3 heterocycles. The van der Waals surface area contributed by atoms with Crippen molar-refractivity contribution < 1.29 is 24.2 Å². The lowest BCUT2D eigenvalue weighted by molar-refractivity contribution is -0.0738. The van der Waals surface area contributed by atoms with E-state index < -0.39 is 5.97 Å². The summed E-state index contributed by atoms with van der Waals surface area (Å²) in [5.74, 6) is -0.381. The number of hydrogen-bond acceptors (Lipinski definition) is 6. The summed E-state index contributed by atoms with van der Waals surface area (Å²) < 4.78 is 10.6. The number of benzene rings is 1. The first-order valence-electron chi connectivity index (χ1n) is 10.3. The fourth-order valence-electron chi connectivity index (χ4n) is 3.74. The number of methoxy groups -OCH3 is 1. The molecule has 9 heteroatoms. The number of ether oxygens (including phenoxy) is 2. The maximum absolute atomic E-state index is 13.5. The number of carboxylic acids is 1. The molecule has 164 valence electrons. The molecule has 0 aliphatic carbocycles. The number of rotatable bonds is 6. The van der Waals surface area contributed by atoms with E-state index in [-0.39, 0.29) is 18.1 Å². The first-order chi connectivity index (χ1) is 15.0. The van der Waals surface area contributed by atoms with Crippen LogP contribution < -0.4 is 9.64 Å². The van der Waals surface area contributed by atoms with Gasteiger partial charge < -0.3 is 19.5 Å². The molecular formula is C22H26N4O5. The standard InChI is InChI=1S/C22H26N4O5/c1-30-20-4-2-3-18(11-20)26(13-17-6-5-16(12-23-17)21(27)28)22(29)25-9-7-24(8-10-25)19-14-31-15-19/h2-6,11-12,19H,7-10,13-15H2,1H3,(H,27,28). The number of piperazine rings is 1. The highest BCUT2D eigenvalue weighted by molar-refractivity contribution is 5.92. The molecule has 1 aromatic carbocycles. The molecule has 0 atom stereocenters. The molecule has 0 spiro atoms. The molecule has 0 radical (unpaired) electrons. The zero-order chi connectivity index (χ0) is 21.8. The van der Waals surface area contributed by atoms with Crippen molar-refractivity contribution in [2.24, 2.45) is 0 Å². The summed E-state index contributed by atoms with van der Waals surface area (Å²) >= 11 is 0. The Morgan fingerprint density at radius 1 is 1.19 bits per heavy atom. The van der Waals surface area contributed by atoms with E-state index in [1.54, 1.807) is 18.1 Å². The van der Waals surface area contributed by atoms with Gasteiger partial charge in [-0.1, -0.05) is 6.07 Å². The van der Waals surface area contributed by atoms with Crippen LogP contribution in [0.3, 0.4) is 0 Å². The topological polar surface area (TPSA) is 95.4 Å². The first kappa shape index (κ1) is 21.1. The third-order valence-corrected chi connectivity index (χ3v) is 5.71. The molecule has 2 saturated heterocycles. The monoisotopic (exact) mass is 426 g/mol. The molecular weight excluding hydrogens is 400 g/mol. The predicted octanol–water partition coefficient (Wildman–Crippen LogP) is 1.93. The van der Waals surface area contributed by atoms with Gasteiger partial charge in [0.05, 0.1) is 44.2 Å². The zero-order valence-corrected chi connectivity index (χ0v) is 17.4. The molecule has 31 heavy (non-hydrogen) atoms. The quantitative estimate of drug-likeness (QED) is 0.754. The van der Waals surface area contributed by atoms with E-state index in [1.807, 2.05) is 29.2 Å². The third kappa shape index (κ3) is 4.78. The molecule has 2 amide bonds. The number of aromatic nitrogens is 1. The highest BCUT2D eigenvalue weighted by atomic mass is 16.5. The lowest BCUT2D eigenvalue weighted by atomic mass is 10.2. The molecule has 0 bridgehead atoms. The van der Waals surface area contributed by atoms with Crippen molar-refractivity contribution in [1.29, 1.82) is 0 Å². The summed E-state index contributed by atoms with van der Waals surface area (Å²) in [4.78, 5) is 34.7. The van der Waals surface area contributed by atoms with Crippen molar-refractivity contribution in [1.82, 2.24) is 14.8 Å². The minimum absolute atomic E-state index is 0.109. The molecule has 1 aromatic heterocycles. The van der Waals surface area contributed by atoms with Crippen LogP contribution >= 0.6 is 0 Å². The average molecular weight is 426 g/mol. The van der Waals surface area contributed by atoms with E-state index in [1.165, 1.54) is 12.3 Å². The van der Waals surface area contributed by atoms with E-state index in [0.717, 1.165) is 26.3 Å². The molecule has 0 unspecified atom stereocenters. The number of anilines is 1. The molecule has 9 nitrogen and oxygen atoms in total. The molecule has 4 rings (SSSR count). The average Bonchev–Trinajstić information content (AvgIpc) is 2.76. The van der Waals surface area contributed by atoms with Crippen LogP contribution in [0.15, 0.2) is 42.6 Å². The second-order valence-electron chi connectivity index (χ2n) is 7.63. The van der Waals surface area contributed by atoms with Gasteiger partial charge in [0.2, 0.25) is 0 Å². The van der Waals surface area contributed by atoms with Gasteiger partial charge >= 0.3 is 12.0 Å². The van der Waals surface area contributed by atoms with Crippen LogP contribution in [0.5, 0.6) is 5.75 Å². The Kier molecular flexibility index (Phi) is 6.34. The molecule has 2 aliphatic rings. The Hall–Kier alpha value is -3.17. The van der Waals surface area contributed by atoms with Crippen LogP contribution in [-0.4, -0.2) is 84.4 Å². The van der Waals surface area contributed by atoms with Gasteiger partial charge in [-0.15, -0.1) is 0 Å². The van der Waals surface area contributed by atoms with Gasteiger partial charge in [-0.2, -0.15) is 0 Å². The maximum Gasteiger partial charge on any atom is 0.337 e. The highest BCUT2D eigenvalue weighted by Gasteiger charge is 2.32. The smallest absolute Gasteiger partial charge is 0.337 e. The Morgan fingerprint density at radius 3 is 2.55 bits per heavy atom. The number of amides is 2. The second kappa shape index (κ2) is 9.32. The van der Waals surface area contributed by atoms with Crippen molar-refractivity contribution in [3.05, 3.63) is 53.9 Å². The van der Waals surface area contributed by atoms with E-state index in [9.17, 15) is 9.59 Å². The number of urea groups is 1. The number of carboxylic acid groups (broad SMARTS) is 1. The van der Waals surface area contributed by atoms with Crippen molar-refractivity contribution in [2.75, 3.05) is 51.4 Å². The molecule has 0 saturated carbocycles. The van der Waals surface area contributed by atoms with Crippen LogP contribution in [0, 0.1) is 0 Å². The Bertz CT molecular complexity index is 924. The van der Waals surface area contributed by atoms with Crippen LogP contribution in [0.2, 0.25) is 0 Å². The van der Waals surface area contributed by atoms with Gasteiger partial charge in [-0.3, -0.25) is 14.8 Å². The van der Waals surface area contributed by atoms with Crippen LogP contribution in [0.25, 0.3) is 0 Å². The highest BCUT2D eigenvalue weighted by Crippen LogP contribution is 2.25. The summed E-state index contributed by atoms with van der Waals surface area (Å²) in [5.41, 5.74) is 1.41. The predicted molar refractivity (Wildman–Crippen MR) is 114 cm³/mol. The fraction of sp³-hybridized carbons (Fsp3) is 0.409. The van der Waals surface area contributed by atoms with Crippen LogP contribution in [0.4, 0.5) is 10.5 Å². The maximum atomic E-state index is 13.5. The van der Waals surface area contributed by atoms with Crippen molar-refractivity contribution in [3.8, 4) is 5.75 Å². The van der Waals surface area contributed by atoms with E-state index >= 15 is 0 Å². The number of carbonyl (C=O) groups is 2. The molecule has 1 N–H and O–H groups in total. The van der Waals surface area contributed by atoms with Crippen molar-refractivity contribution in [3.63, 3.8) is 0 Å². The largest absolute Gasteiger partial charge is 0.497 e. The summed E-state index contributed by atoms with van der Waals surface area (Å²) in [6.07, 6.45) is 1.31. The zero-order valence-electron chi connectivity index (χ0n) is 17.4. The van der Waals surface area contributed by atoms with Gasteiger partial charge in [-0.05, 0) is 24.3 Å². The van der Waals surface area contributed by atoms with Crippen molar-refractivity contribution >= 4 is 17.7 Å². The van der Waals surface area contributed by atoms with Gasteiger partial charge in [0.1, 0.15) is 5.75 Å². The summed E-state index contributed by atoms with van der Waals surface area (Å²) in [6.45, 7) is 4.67. The Morgan fingerprint density at radius 2 is 1.97 bits per heavy atom. The minimum Gasteiger partial charge on any atom is -0.497 e. The SMILES string of the molecule is COc1cccc(N(Cc2ccc(C(=O)O)cn2)C(=O)N2CCN(C3COC3)CC2)c1. The Balaban J connectivity index is 1.52. The van der Waals surface area contributed by atoms with Gasteiger partial charge in [-0.25, -0.2) is 9.59 Å². The van der Waals surface area contributed by atoms with E-state index in [4.69, 9.17) is 14.6 Å². The third-order valence-electron chi connectivity index (χ3n) is 5.71. The number of aromatic carboxylic acids is 1. The van der Waals surface area contributed by atoms with Gasteiger partial charge in [0, 0.05) is 44.1 Å². The summed E-state index contributed by atoms with van der Waals surface area (Å²) in [5, 5.41) is 9.10. The minimum atomic E-state index is -1.03.